The molecule has 0 radical (unpaired) electrons. The summed E-state index contributed by atoms with van der Waals surface area (Å²) < 4.78 is 0. The molecule has 0 unspecified atom stereocenters. The molecule has 1 aromatic carbocycles. The van der Waals surface area contributed by atoms with E-state index in [9.17, 15) is 0 Å². The van der Waals surface area contributed by atoms with Gasteiger partial charge in [-0.15, -0.1) is 0 Å². The van der Waals surface area contributed by atoms with Gasteiger partial charge in [0.1, 0.15) is 5.82 Å². The van der Waals surface area contributed by atoms with E-state index in [0.717, 1.165) is 23.3 Å². The van der Waals surface area contributed by atoms with Crippen LogP contribution in [0.1, 0.15) is 6.92 Å². The van der Waals surface area contributed by atoms with Gasteiger partial charge in [0.05, 0.1) is 5.52 Å². The average Bonchev–Trinajstić information content (AvgIpc) is 2.29. The molecule has 0 amide bonds. The summed E-state index contributed by atoms with van der Waals surface area (Å²) in [6.07, 6.45) is 0. The minimum atomic E-state index is 0.421. The molecular weight excluding hydrogens is 190 g/mol. The van der Waals surface area contributed by atoms with Crippen molar-refractivity contribution in [1.82, 2.24) is 9.97 Å². The van der Waals surface area contributed by atoms with E-state index in [-0.39, 0.29) is 0 Å². The van der Waals surface area contributed by atoms with Gasteiger partial charge in [-0.05, 0) is 19.1 Å². The highest BCUT2D eigenvalue weighted by Crippen LogP contribution is 2.20. The fourth-order valence-corrected chi connectivity index (χ4v) is 1.44. The van der Waals surface area contributed by atoms with E-state index < -0.39 is 0 Å². The van der Waals surface area contributed by atoms with Gasteiger partial charge in [0, 0.05) is 11.9 Å². The van der Waals surface area contributed by atoms with E-state index in [1.807, 2.05) is 31.2 Å². The molecule has 78 valence electrons. The van der Waals surface area contributed by atoms with E-state index in [0.29, 0.717) is 5.95 Å². The second-order valence-electron chi connectivity index (χ2n) is 3.09. The van der Waals surface area contributed by atoms with Crippen LogP contribution in [0.15, 0.2) is 24.3 Å². The predicted octanol–water partition coefficient (Wildman–Crippen LogP) is 1.35. The smallest absolute Gasteiger partial charge is 0.239 e. The molecule has 1 aromatic heterocycles. The lowest BCUT2D eigenvalue weighted by atomic mass is 10.2. The molecule has 1 heterocycles. The molecule has 0 saturated heterocycles. The van der Waals surface area contributed by atoms with Gasteiger partial charge in [-0.3, -0.25) is 5.43 Å². The molecule has 0 atom stereocenters. The fourth-order valence-electron chi connectivity index (χ4n) is 1.44. The maximum absolute atomic E-state index is 5.30. The Balaban J connectivity index is 2.63. The third kappa shape index (κ3) is 1.82. The number of nitrogens with two attached hydrogens (primary N) is 1. The maximum Gasteiger partial charge on any atom is 0.239 e. The summed E-state index contributed by atoms with van der Waals surface area (Å²) in [5, 5.41) is 4.18. The zero-order chi connectivity index (χ0) is 10.7. The Morgan fingerprint density at radius 3 is 2.80 bits per heavy atom. The minimum absolute atomic E-state index is 0.421. The topological polar surface area (TPSA) is 75.9 Å². The van der Waals surface area contributed by atoms with Gasteiger partial charge in [-0.2, -0.15) is 4.98 Å². The van der Waals surface area contributed by atoms with Crippen LogP contribution in [-0.4, -0.2) is 16.5 Å². The summed E-state index contributed by atoms with van der Waals surface area (Å²) in [4.78, 5) is 8.50. The number of para-hydroxylation sites is 1. The van der Waals surface area contributed by atoms with Gasteiger partial charge < -0.3 is 5.32 Å². The van der Waals surface area contributed by atoms with Gasteiger partial charge in [-0.1, -0.05) is 12.1 Å². The Bertz CT molecular complexity index is 468. The molecule has 15 heavy (non-hydrogen) atoms. The van der Waals surface area contributed by atoms with Crippen molar-refractivity contribution >= 4 is 22.7 Å². The van der Waals surface area contributed by atoms with E-state index in [1.54, 1.807) is 0 Å². The Hall–Kier alpha value is -1.88. The average molecular weight is 203 g/mol. The lowest BCUT2D eigenvalue weighted by molar-refractivity contribution is 1.11. The quantitative estimate of drug-likeness (QED) is 0.518. The van der Waals surface area contributed by atoms with Crippen molar-refractivity contribution < 1.29 is 0 Å². The molecule has 5 nitrogen and oxygen atoms in total. The standard InChI is InChI=1S/C10H13N5/c1-2-12-9-7-5-3-4-6-8(7)13-10(14-9)15-11/h3-6H,2,11H2,1H3,(H2,12,13,14,15). The molecule has 0 spiro atoms. The Morgan fingerprint density at radius 1 is 1.27 bits per heavy atom. The highest BCUT2D eigenvalue weighted by atomic mass is 15.3. The van der Waals surface area contributed by atoms with Crippen LogP contribution in [0, 0.1) is 0 Å². The van der Waals surface area contributed by atoms with Gasteiger partial charge in [0.15, 0.2) is 0 Å². The van der Waals surface area contributed by atoms with Crippen molar-refractivity contribution in [2.75, 3.05) is 17.3 Å². The van der Waals surface area contributed by atoms with Crippen LogP contribution in [0.3, 0.4) is 0 Å². The van der Waals surface area contributed by atoms with Crippen LogP contribution in [-0.2, 0) is 0 Å². The summed E-state index contributed by atoms with van der Waals surface area (Å²) in [5.74, 6) is 6.53. The zero-order valence-corrected chi connectivity index (χ0v) is 8.49. The number of fused-ring (bicyclic) bond motifs is 1. The maximum atomic E-state index is 5.30. The summed E-state index contributed by atoms with van der Waals surface area (Å²) in [6.45, 7) is 2.83. The number of hydrazine groups is 1. The number of hydrogen-bond acceptors (Lipinski definition) is 5. The van der Waals surface area contributed by atoms with Crippen LogP contribution in [0.2, 0.25) is 0 Å². The Labute approximate surface area is 87.7 Å². The first kappa shape index (κ1) is 9.67. The second-order valence-corrected chi connectivity index (χ2v) is 3.09. The summed E-state index contributed by atoms with van der Waals surface area (Å²) in [7, 11) is 0. The summed E-state index contributed by atoms with van der Waals surface area (Å²) in [6, 6.07) is 7.81. The largest absolute Gasteiger partial charge is 0.370 e. The number of aromatic nitrogens is 2. The Morgan fingerprint density at radius 2 is 2.07 bits per heavy atom. The SMILES string of the molecule is CCNc1nc(NN)nc2ccccc12. The molecule has 0 aliphatic heterocycles. The predicted molar refractivity (Wildman–Crippen MR) is 61.5 cm³/mol. The van der Waals surface area contributed by atoms with E-state index in [1.165, 1.54) is 0 Å². The van der Waals surface area contributed by atoms with E-state index >= 15 is 0 Å². The van der Waals surface area contributed by atoms with Gasteiger partial charge in [-0.25, -0.2) is 10.8 Å². The molecule has 0 aliphatic carbocycles. The highest BCUT2D eigenvalue weighted by molar-refractivity contribution is 5.89. The fraction of sp³-hybridized carbons (Fsp3) is 0.200. The van der Waals surface area contributed by atoms with Crippen molar-refractivity contribution in [3.8, 4) is 0 Å². The number of nitrogens with one attached hydrogen (secondary N) is 2. The molecule has 0 saturated carbocycles. The van der Waals surface area contributed by atoms with Crippen LogP contribution in [0.4, 0.5) is 11.8 Å². The molecule has 0 bridgehead atoms. The van der Waals surface area contributed by atoms with Crippen LogP contribution in [0.5, 0.6) is 0 Å². The molecule has 2 aromatic rings. The van der Waals surface area contributed by atoms with E-state index in [2.05, 4.69) is 20.7 Å². The third-order valence-corrected chi connectivity index (χ3v) is 2.08. The first-order chi connectivity index (χ1) is 7.35. The highest BCUT2D eigenvalue weighted by Gasteiger charge is 2.04. The zero-order valence-electron chi connectivity index (χ0n) is 8.49. The van der Waals surface area contributed by atoms with Crippen molar-refractivity contribution in [2.24, 2.45) is 5.84 Å². The summed E-state index contributed by atoms with van der Waals surface area (Å²) >= 11 is 0. The van der Waals surface area contributed by atoms with Crippen molar-refractivity contribution in [3.05, 3.63) is 24.3 Å². The number of nitrogens with zero attached hydrogens (tertiary/aromatic N) is 2. The van der Waals surface area contributed by atoms with E-state index in [4.69, 9.17) is 5.84 Å². The second kappa shape index (κ2) is 4.10. The van der Waals surface area contributed by atoms with Gasteiger partial charge in [0.25, 0.3) is 0 Å². The molecule has 0 aliphatic rings. The first-order valence-corrected chi connectivity index (χ1v) is 4.82. The minimum Gasteiger partial charge on any atom is -0.370 e. The van der Waals surface area contributed by atoms with Crippen LogP contribution >= 0.6 is 0 Å². The molecule has 5 heteroatoms. The number of nitrogen functional groups attached to an aromatic ring is 1. The number of hydrogen-bond donors (Lipinski definition) is 3. The molecular formula is C10H13N5. The van der Waals surface area contributed by atoms with Crippen molar-refractivity contribution in [1.29, 1.82) is 0 Å². The molecule has 4 N–H and O–H groups in total. The van der Waals surface area contributed by atoms with Crippen LogP contribution < -0.4 is 16.6 Å². The number of benzene rings is 1. The molecule has 0 fully saturated rings. The lowest BCUT2D eigenvalue weighted by Crippen LogP contribution is -2.12. The first-order valence-electron chi connectivity index (χ1n) is 4.82. The third-order valence-electron chi connectivity index (χ3n) is 2.08. The number of rotatable bonds is 3. The summed E-state index contributed by atoms with van der Waals surface area (Å²) in [5.41, 5.74) is 3.33. The van der Waals surface area contributed by atoms with Crippen molar-refractivity contribution in [3.63, 3.8) is 0 Å². The number of anilines is 2. The normalized spacial score (nSPS) is 10.3. The molecule has 2 rings (SSSR count). The van der Waals surface area contributed by atoms with Gasteiger partial charge >= 0.3 is 0 Å². The van der Waals surface area contributed by atoms with Crippen LogP contribution in [0.25, 0.3) is 10.9 Å². The Kier molecular flexibility index (Phi) is 2.64. The van der Waals surface area contributed by atoms with Crippen molar-refractivity contribution in [2.45, 2.75) is 6.92 Å². The monoisotopic (exact) mass is 203 g/mol. The van der Waals surface area contributed by atoms with Gasteiger partial charge in [0.2, 0.25) is 5.95 Å². The lowest BCUT2D eigenvalue weighted by Gasteiger charge is -2.08.